The fraction of sp³-hybridized carbons (Fsp3) is 0.211. The lowest BCUT2D eigenvalue weighted by molar-refractivity contribution is -0.107. The van der Waals surface area contributed by atoms with Crippen molar-refractivity contribution in [2.75, 3.05) is 21.3 Å². The zero-order valence-corrected chi connectivity index (χ0v) is 13.9. The number of nitrogens with one attached hydrogen (secondary N) is 1. The molecule has 3 rings (SSSR count). The van der Waals surface area contributed by atoms with Crippen LogP contribution in [-0.2, 0) is 11.2 Å². The molecule has 0 unspecified atom stereocenters. The topological polar surface area (TPSA) is 60.6 Å². The summed E-state index contributed by atoms with van der Waals surface area (Å²) in [4.78, 5) is 14.4. The van der Waals surface area contributed by atoms with Gasteiger partial charge in [-0.2, -0.15) is 0 Å². The minimum Gasteiger partial charge on any atom is -0.497 e. The van der Waals surface area contributed by atoms with Crippen molar-refractivity contribution in [2.45, 2.75) is 6.42 Å². The molecule has 0 aliphatic heterocycles. The second-order valence-corrected chi connectivity index (χ2v) is 5.34. The second-order valence-electron chi connectivity index (χ2n) is 5.34. The van der Waals surface area contributed by atoms with E-state index in [0.717, 1.165) is 39.8 Å². The van der Waals surface area contributed by atoms with E-state index >= 15 is 0 Å². The van der Waals surface area contributed by atoms with Crippen LogP contribution in [0, 0.1) is 0 Å². The Kier molecular flexibility index (Phi) is 4.42. The van der Waals surface area contributed by atoms with E-state index in [1.165, 1.54) is 0 Å². The van der Waals surface area contributed by atoms with E-state index in [4.69, 9.17) is 14.2 Å². The van der Waals surface area contributed by atoms with Crippen LogP contribution in [0.15, 0.2) is 36.4 Å². The van der Waals surface area contributed by atoms with Gasteiger partial charge in [-0.25, -0.2) is 0 Å². The molecule has 0 aliphatic rings. The number of aromatic nitrogens is 1. The largest absolute Gasteiger partial charge is 0.497 e. The van der Waals surface area contributed by atoms with Crippen molar-refractivity contribution >= 4 is 17.2 Å². The van der Waals surface area contributed by atoms with Gasteiger partial charge in [-0.1, -0.05) is 6.07 Å². The van der Waals surface area contributed by atoms with E-state index in [0.29, 0.717) is 17.9 Å². The van der Waals surface area contributed by atoms with E-state index in [1.54, 1.807) is 21.3 Å². The standard InChI is InChI=1S/C19H19NO4/c1-22-14-5-6-15-13(10-14)11-16(20-15)18-12(8-9-21)4-7-17(23-2)19(18)24-3/h4-7,9-11,20H,8H2,1-3H3. The number of fused-ring (bicyclic) bond motifs is 1. The molecule has 0 amide bonds. The van der Waals surface area contributed by atoms with Crippen molar-refractivity contribution in [1.29, 1.82) is 0 Å². The van der Waals surface area contributed by atoms with Crippen LogP contribution in [0.1, 0.15) is 5.56 Å². The van der Waals surface area contributed by atoms with Gasteiger partial charge in [0.25, 0.3) is 0 Å². The first-order valence-electron chi connectivity index (χ1n) is 7.56. The average molecular weight is 325 g/mol. The number of H-pyrrole nitrogens is 1. The zero-order chi connectivity index (χ0) is 17.1. The molecule has 0 aliphatic carbocycles. The molecular formula is C19H19NO4. The van der Waals surface area contributed by atoms with Gasteiger partial charge >= 0.3 is 0 Å². The van der Waals surface area contributed by atoms with E-state index in [1.807, 2.05) is 36.4 Å². The zero-order valence-electron chi connectivity index (χ0n) is 13.9. The molecule has 24 heavy (non-hydrogen) atoms. The van der Waals surface area contributed by atoms with Crippen molar-refractivity contribution in [1.82, 2.24) is 4.98 Å². The Hall–Kier alpha value is -2.95. The van der Waals surface area contributed by atoms with Crippen molar-refractivity contribution in [3.05, 3.63) is 42.0 Å². The van der Waals surface area contributed by atoms with Crippen molar-refractivity contribution in [3.8, 4) is 28.5 Å². The Morgan fingerprint density at radius 1 is 1.00 bits per heavy atom. The first-order chi connectivity index (χ1) is 11.7. The molecule has 1 aromatic heterocycles. The third-order valence-electron chi connectivity index (χ3n) is 4.03. The summed E-state index contributed by atoms with van der Waals surface area (Å²) in [5, 5.41) is 1.02. The molecule has 1 heterocycles. The monoisotopic (exact) mass is 325 g/mol. The smallest absolute Gasteiger partial charge is 0.170 e. The van der Waals surface area contributed by atoms with E-state index in [2.05, 4.69) is 4.98 Å². The maximum Gasteiger partial charge on any atom is 0.170 e. The Bertz CT molecular complexity index is 882. The Labute approximate surface area is 140 Å². The summed E-state index contributed by atoms with van der Waals surface area (Å²) in [5.41, 5.74) is 3.55. The van der Waals surface area contributed by atoms with Gasteiger partial charge in [0.1, 0.15) is 12.0 Å². The molecule has 0 saturated heterocycles. The highest BCUT2D eigenvalue weighted by Crippen LogP contribution is 2.41. The van der Waals surface area contributed by atoms with E-state index < -0.39 is 0 Å². The Morgan fingerprint density at radius 2 is 1.83 bits per heavy atom. The van der Waals surface area contributed by atoms with Gasteiger partial charge in [-0.05, 0) is 35.9 Å². The number of carbonyl (C=O) groups is 1. The fourth-order valence-corrected chi connectivity index (χ4v) is 2.90. The number of methoxy groups -OCH3 is 3. The van der Waals surface area contributed by atoms with Gasteiger partial charge in [0.05, 0.1) is 27.0 Å². The second kappa shape index (κ2) is 6.66. The first kappa shape index (κ1) is 15.9. The van der Waals surface area contributed by atoms with Crippen LogP contribution in [0.5, 0.6) is 17.2 Å². The van der Waals surface area contributed by atoms with Crippen molar-refractivity contribution in [3.63, 3.8) is 0 Å². The molecule has 0 fully saturated rings. The van der Waals surface area contributed by atoms with Crippen molar-refractivity contribution < 1.29 is 19.0 Å². The SMILES string of the molecule is COc1ccc2[nH]c(-c3c(CC=O)ccc(OC)c3OC)cc2c1. The molecule has 0 atom stereocenters. The molecule has 5 nitrogen and oxygen atoms in total. The molecule has 0 spiro atoms. The highest BCUT2D eigenvalue weighted by molar-refractivity contribution is 5.90. The Balaban J connectivity index is 2.24. The predicted octanol–water partition coefficient (Wildman–Crippen LogP) is 3.60. The quantitative estimate of drug-likeness (QED) is 0.704. The summed E-state index contributed by atoms with van der Waals surface area (Å²) in [7, 11) is 4.83. The number of benzene rings is 2. The summed E-state index contributed by atoms with van der Waals surface area (Å²) in [6.45, 7) is 0. The lowest BCUT2D eigenvalue weighted by atomic mass is 10.00. The van der Waals surface area contributed by atoms with Crippen LogP contribution in [0.4, 0.5) is 0 Å². The molecule has 5 heteroatoms. The van der Waals surface area contributed by atoms with Gasteiger partial charge in [0, 0.05) is 22.9 Å². The third kappa shape index (κ3) is 2.69. The molecule has 3 aromatic rings. The average Bonchev–Trinajstić information content (AvgIpc) is 3.03. The molecule has 0 saturated carbocycles. The fourth-order valence-electron chi connectivity index (χ4n) is 2.90. The van der Waals surface area contributed by atoms with E-state index in [-0.39, 0.29) is 0 Å². The number of hydrogen-bond donors (Lipinski definition) is 1. The number of rotatable bonds is 6. The van der Waals surface area contributed by atoms with E-state index in [9.17, 15) is 4.79 Å². The molecular weight excluding hydrogens is 306 g/mol. The number of hydrogen-bond acceptors (Lipinski definition) is 4. The summed E-state index contributed by atoms with van der Waals surface area (Å²) in [5.74, 6) is 2.02. The van der Waals surface area contributed by atoms with Crippen LogP contribution in [0.2, 0.25) is 0 Å². The van der Waals surface area contributed by atoms with Gasteiger partial charge in [0.15, 0.2) is 11.5 Å². The minimum atomic E-state index is 0.300. The maximum atomic E-state index is 11.1. The first-order valence-corrected chi connectivity index (χ1v) is 7.56. The van der Waals surface area contributed by atoms with Gasteiger partial charge in [-0.15, -0.1) is 0 Å². The highest BCUT2D eigenvalue weighted by atomic mass is 16.5. The van der Waals surface area contributed by atoms with Gasteiger partial charge in [-0.3, -0.25) is 0 Å². The molecule has 124 valence electrons. The van der Waals surface area contributed by atoms with Crippen LogP contribution in [-0.4, -0.2) is 32.6 Å². The lowest BCUT2D eigenvalue weighted by Crippen LogP contribution is -1.99. The Morgan fingerprint density at radius 3 is 2.50 bits per heavy atom. The summed E-state index contributed by atoms with van der Waals surface area (Å²) in [6, 6.07) is 11.5. The lowest BCUT2D eigenvalue weighted by Gasteiger charge is -2.15. The third-order valence-corrected chi connectivity index (χ3v) is 4.03. The van der Waals surface area contributed by atoms with Crippen LogP contribution >= 0.6 is 0 Å². The minimum absolute atomic E-state index is 0.300. The van der Waals surface area contributed by atoms with Crippen LogP contribution < -0.4 is 14.2 Å². The summed E-state index contributed by atoms with van der Waals surface area (Å²) < 4.78 is 16.2. The molecule has 1 N–H and O–H groups in total. The van der Waals surface area contributed by atoms with Crippen LogP contribution in [0.25, 0.3) is 22.2 Å². The molecule has 0 bridgehead atoms. The number of aldehydes is 1. The van der Waals surface area contributed by atoms with Gasteiger partial charge < -0.3 is 24.0 Å². The van der Waals surface area contributed by atoms with Gasteiger partial charge in [0.2, 0.25) is 0 Å². The highest BCUT2D eigenvalue weighted by Gasteiger charge is 2.18. The number of carbonyl (C=O) groups excluding carboxylic acids is 1. The predicted molar refractivity (Wildman–Crippen MR) is 93.2 cm³/mol. The maximum absolute atomic E-state index is 11.1. The molecule has 2 aromatic carbocycles. The summed E-state index contributed by atoms with van der Waals surface area (Å²) >= 11 is 0. The van der Waals surface area contributed by atoms with Crippen molar-refractivity contribution in [2.24, 2.45) is 0 Å². The number of aromatic amines is 1. The normalized spacial score (nSPS) is 10.6. The van der Waals surface area contributed by atoms with Crippen LogP contribution in [0.3, 0.4) is 0 Å². The number of ether oxygens (including phenoxy) is 3. The molecule has 0 radical (unpaired) electrons. The summed E-state index contributed by atoms with van der Waals surface area (Å²) in [6.07, 6.45) is 1.19.